The maximum Gasteiger partial charge on any atom is 0.253 e. The van der Waals surface area contributed by atoms with Gasteiger partial charge in [0, 0.05) is 25.6 Å². The first-order chi connectivity index (χ1) is 16.9. The van der Waals surface area contributed by atoms with Crippen molar-refractivity contribution in [3.8, 4) is 11.1 Å². The van der Waals surface area contributed by atoms with Gasteiger partial charge in [-0.15, -0.1) is 0 Å². The summed E-state index contributed by atoms with van der Waals surface area (Å²) in [4.78, 5) is 39.7. The van der Waals surface area contributed by atoms with Crippen molar-refractivity contribution in [3.63, 3.8) is 0 Å². The highest BCUT2D eigenvalue weighted by atomic mass is 19.1. The maximum absolute atomic E-state index is 13.5. The predicted molar refractivity (Wildman–Crippen MR) is 129 cm³/mol. The first-order valence-corrected chi connectivity index (χ1v) is 11.2. The Labute approximate surface area is 201 Å². The molecule has 1 aliphatic heterocycles. The fourth-order valence-electron chi connectivity index (χ4n) is 4.27. The van der Waals surface area contributed by atoms with Gasteiger partial charge in [-0.2, -0.15) is 0 Å². The minimum absolute atomic E-state index is 0.0363. The molecular weight excluding hydrogens is 452 g/mol. The van der Waals surface area contributed by atoms with Crippen LogP contribution in [0.25, 0.3) is 11.1 Å². The van der Waals surface area contributed by atoms with Crippen molar-refractivity contribution in [2.45, 2.75) is 25.6 Å². The standard InChI is InChI=1S/C27H25F2N3O3/c1-32-23-9-5-4-7-21(23)20-6-2-3-8-22(20)26(27(32)35)31-24(33)10-11-30-25(34)15-17-12-18(16-28)14-19(29)13-17/h2-9,12-14,26H,10-11,15-16H2,1H3,(H,30,34)(H,31,33). The van der Waals surface area contributed by atoms with E-state index in [0.717, 1.165) is 22.9 Å². The molecule has 1 unspecified atom stereocenters. The lowest BCUT2D eigenvalue weighted by Crippen LogP contribution is -2.41. The van der Waals surface area contributed by atoms with Gasteiger partial charge in [0.25, 0.3) is 5.91 Å². The number of benzene rings is 3. The van der Waals surface area contributed by atoms with E-state index >= 15 is 0 Å². The Kier molecular flexibility index (Phi) is 7.19. The fraction of sp³-hybridized carbons (Fsp3) is 0.222. The maximum atomic E-state index is 13.5. The third-order valence-corrected chi connectivity index (χ3v) is 5.92. The van der Waals surface area contributed by atoms with Gasteiger partial charge in [-0.25, -0.2) is 8.78 Å². The molecule has 0 aromatic heterocycles. The lowest BCUT2D eigenvalue weighted by Gasteiger charge is -2.23. The number of carbonyl (C=O) groups excluding carboxylic acids is 3. The van der Waals surface area contributed by atoms with E-state index in [9.17, 15) is 23.2 Å². The van der Waals surface area contributed by atoms with Crippen LogP contribution in [0.4, 0.5) is 14.5 Å². The summed E-state index contributed by atoms with van der Waals surface area (Å²) in [5.41, 5.74) is 3.72. The Bertz CT molecular complexity index is 1280. The van der Waals surface area contributed by atoms with Gasteiger partial charge in [0.2, 0.25) is 11.8 Å². The molecule has 1 atom stereocenters. The second-order valence-corrected chi connectivity index (χ2v) is 8.38. The number of nitrogens with one attached hydrogen (secondary N) is 2. The number of carbonyl (C=O) groups is 3. The summed E-state index contributed by atoms with van der Waals surface area (Å²) < 4.78 is 26.4. The minimum atomic E-state index is -0.877. The van der Waals surface area contributed by atoms with Crippen molar-refractivity contribution in [2.75, 3.05) is 18.5 Å². The van der Waals surface area contributed by atoms with Crippen LogP contribution < -0.4 is 15.5 Å². The first-order valence-electron chi connectivity index (χ1n) is 11.2. The van der Waals surface area contributed by atoms with Gasteiger partial charge < -0.3 is 15.5 Å². The first kappa shape index (κ1) is 24.1. The van der Waals surface area contributed by atoms with Crippen molar-refractivity contribution < 1.29 is 23.2 Å². The monoisotopic (exact) mass is 477 g/mol. The van der Waals surface area contributed by atoms with E-state index < -0.39 is 30.3 Å². The lowest BCUT2D eigenvalue weighted by molar-refractivity contribution is -0.127. The van der Waals surface area contributed by atoms with Gasteiger partial charge in [0.15, 0.2) is 0 Å². The van der Waals surface area contributed by atoms with Crippen molar-refractivity contribution in [3.05, 3.63) is 89.2 Å². The summed E-state index contributed by atoms with van der Waals surface area (Å²) in [5, 5.41) is 5.41. The van der Waals surface area contributed by atoms with E-state index in [2.05, 4.69) is 10.6 Å². The summed E-state index contributed by atoms with van der Waals surface area (Å²) in [5.74, 6) is -1.69. The number of halogens is 2. The molecule has 3 amide bonds. The topological polar surface area (TPSA) is 78.5 Å². The van der Waals surface area contributed by atoms with Gasteiger partial charge in [0.1, 0.15) is 18.5 Å². The summed E-state index contributed by atoms with van der Waals surface area (Å²) in [7, 11) is 1.67. The van der Waals surface area contributed by atoms with Crippen LogP contribution >= 0.6 is 0 Å². The largest absolute Gasteiger partial charge is 0.355 e. The molecule has 1 aliphatic rings. The van der Waals surface area contributed by atoms with Crippen molar-refractivity contribution in [1.29, 1.82) is 0 Å². The number of hydrogen-bond donors (Lipinski definition) is 2. The second kappa shape index (κ2) is 10.5. The summed E-state index contributed by atoms with van der Waals surface area (Å²) in [6.07, 6.45) is -0.183. The minimum Gasteiger partial charge on any atom is -0.355 e. The average molecular weight is 478 g/mol. The van der Waals surface area contributed by atoms with Gasteiger partial charge in [-0.1, -0.05) is 48.5 Å². The van der Waals surface area contributed by atoms with Crippen molar-refractivity contribution in [1.82, 2.24) is 10.6 Å². The second-order valence-electron chi connectivity index (χ2n) is 8.38. The highest BCUT2D eigenvalue weighted by Crippen LogP contribution is 2.39. The molecule has 6 nitrogen and oxygen atoms in total. The molecule has 3 aromatic carbocycles. The van der Waals surface area contributed by atoms with Crippen LogP contribution in [-0.2, 0) is 27.5 Å². The van der Waals surface area contributed by atoms with E-state index in [0.29, 0.717) is 11.1 Å². The van der Waals surface area contributed by atoms with Crippen molar-refractivity contribution >= 4 is 23.4 Å². The van der Waals surface area contributed by atoms with Gasteiger partial charge in [-0.05, 0) is 40.5 Å². The van der Waals surface area contributed by atoms with Gasteiger partial charge >= 0.3 is 0 Å². The Morgan fingerprint density at radius 3 is 2.40 bits per heavy atom. The number of nitrogens with zero attached hydrogens (tertiary/aromatic N) is 1. The lowest BCUT2D eigenvalue weighted by atomic mass is 9.95. The molecular formula is C27H25F2N3O3. The van der Waals surface area contributed by atoms with Crippen LogP contribution in [0.5, 0.6) is 0 Å². The van der Waals surface area contributed by atoms with Crippen LogP contribution in [0.2, 0.25) is 0 Å². The fourth-order valence-corrected chi connectivity index (χ4v) is 4.27. The molecule has 1 heterocycles. The van der Waals surface area contributed by atoms with Gasteiger partial charge in [0.05, 0.1) is 12.1 Å². The Balaban J connectivity index is 1.40. The molecule has 3 aromatic rings. The molecule has 0 fully saturated rings. The number of likely N-dealkylation sites (N-methyl/N-ethyl adjacent to an activating group) is 1. The van der Waals surface area contributed by atoms with Crippen molar-refractivity contribution in [2.24, 2.45) is 0 Å². The zero-order chi connectivity index (χ0) is 24.9. The molecule has 0 saturated carbocycles. The predicted octanol–water partition coefficient (Wildman–Crippen LogP) is 3.84. The third kappa shape index (κ3) is 5.37. The molecule has 0 saturated heterocycles. The molecule has 0 spiro atoms. The van der Waals surface area contributed by atoms with Crippen LogP contribution in [-0.4, -0.2) is 31.3 Å². The molecule has 0 radical (unpaired) electrons. The molecule has 0 bridgehead atoms. The molecule has 2 N–H and O–H groups in total. The van der Waals surface area contributed by atoms with E-state index in [1.54, 1.807) is 7.05 Å². The summed E-state index contributed by atoms with van der Waals surface area (Å²) in [6, 6.07) is 17.8. The molecule has 35 heavy (non-hydrogen) atoms. The van der Waals surface area contributed by atoms with Crippen LogP contribution in [0.3, 0.4) is 0 Å². The third-order valence-electron chi connectivity index (χ3n) is 5.92. The Hall–Kier alpha value is -4.07. The quantitative estimate of drug-likeness (QED) is 0.543. The molecule has 0 aliphatic carbocycles. The molecule has 8 heteroatoms. The number of hydrogen-bond acceptors (Lipinski definition) is 3. The number of fused-ring (bicyclic) bond motifs is 3. The highest BCUT2D eigenvalue weighted by Gasteiger charge is 2.32. The Morgan fingerprint density at radius 1 is 0.943 bits per heavy atom. The zero-order valence-electron chi connectivity index (χ0n) is 19.2. The number of amides is 3. The van der Waals surface area contributed by atoms with Crippen LogP contribution in [0, 0.1) is 5.82 Å². The number of rotatable bonds is 7. The SMILES string of the molecule is CN1C(=O)C(NC(=O)CCNC(=O)Cc2cc(F)cc(CF)c2)c2ccccc2-c2ccccc21. The van der Waals surface area contributed by atoms with Gasteiger partial charge in [-0.3, -0.25) is 14.4 Å². The van der Waals surface area contributed by atoms with E-state index in [4.69, 9.17) is 0 Å². The summed E-state index contributed by atoms with van der Waals surface area (Å²) in [6.45, 7) is -0.787. The van der Waals surface area contributed by atoms with Crippen LogP contribution in [0.15, 0.2) is 66.7 Å². The molecule has 180 valence electrons. The molecule has 4 rings (SSSR count). The summed E-state index contributed by atoms with van der Waals surface area (Å²) >= 11 is 0. The Morgan fingerprint density at radius 2 is 1.63 bits per heavy atom. The van der Waals surface area contributed by atoms with E-state index in [1.807, 2.05) is 48.5 Å². The zero-order valence-corrected chi connectivity index (χ0v) is 19.2. The number of para-hydroxylation sites is 1. The number of alkyl halides is 1. The number of anilines is 1. The van der Waals surface area contributed by atoms with Crippen LogP contribution in [0.1, 0.15) is 29.2 Å². The normalized spacial score (nSPS) is 14.5. The smallest absolute Gasteiger partial charge is 0.253 e. The highest BCUT2D eigenvalue weighted by molar-refractivity contribution is 6.05. The van der Waals surface area contributed by atoms with E-state index in [-0.39, 0.29) is 30.9 Å². The average Bonchev–Trinajstić information content (AvgIpc) is 2.93. The van der Waals surface area contributed by atoms with E-state index in [1.165, 1.54) is 17.0 Å².